The number of ether oxygens (including phenoxy) is 2. The third-order valence-electron chi connectivity index (χ3n) is 3.02. The predicted molar refractivity (Wildman–Crippen MR) is 73.9 cm³/mol. The Hall–Kier alpha value is 0.190. The van der Waals surface area contributed by atoms with Crippen LogP contribution in [0.3, 0.4) is 0 Å². The molecule has 1 N–H and O–H groups in total. The van der Waals surface area contributed by atoms with Crippen LogP contribution >= 0.6 is 11.8 Å². The zero-order valence-corrected chi connectivity index (χ0v) is 11.9. The molecule has 1 heterocycles. The maximum atomic E-state index is 5.14. The van der Waals surface area contributed by atoms with E-state index in [0.717, 1.165) is 39.4 Å². The molecule has 0 spiro atoms. The first-order valence-electron chi connectivity index (χ1n) is 6.38. The van der Waals surface area contributed by atoms with E-state index in [-0.39, 0.29) is 0 Å². The molecule has 1 fully saturated rings. The monoisotopic (exact) mass is 262 g/mol. The minimum Gasteiger partial charge on any atom is -0.383 e. The second-order valence-corrected chi connectivity index (χ2v) is 5.49. The molecular formula is C12H26N2O2S. The Morgan fingerprint density at radius 1 is 1.18 bits per heavy atom. The van der Waals surface area contributed by atoms with Crippen molar-refractivity contribution >= 4 is 11.8 Å². The van der Waals surface area contributed by atoms with Crippen molar-refractivity contribution in [2.45, 2.75) is 12.5 Å². The van der Waals surface area contributed by atoms with Gasteiger partial charge in [-0.15, -0.1) is 0 Å². The van der Waals surface area contributed by atoms with Gasteiger partial charge in [-0.25, -0.2) is 0 Å². The first-order chi connectivity index (χ1) is 8.36. The molecule has 1 atom stereocenters. The molecule has 1 aliphatic heterocycles. The SMILES string of the molecule is COCCN(CCOC)CCC1CSCCN1. The van der Waals surface area contributed by atoms with Crippen molar-refractivity contribution in [1.82, 2.24) is 10.2 Å². The molecule has 1 aliphatic rings. The lowest BCUT2D eigenvalue weighted by atomic mass is 10.2. The molecule has 0 radical (unpaired) electrons. The van der Waals surface area contributed by atoms with Crippen molar-refractivity contribution in [2.75, 3.05) is 65.1 Å². The number of nitrogens with zero attached hydrogens (tertiary/aromatic N) is 1. The van der Waals surface area contributed by atoms with Gasteiger partial charge in [0.2, 0.25) is 0 Å². The summed E-state index contributed by atoms with van der Waals surface area (Å²) in [6.07, 6.45) is 1.22. The van der Waals surface area contributed by atoms with E-state index in [4.69, 9.17) is 9.47 Å². The van der Waals surface area contributed by atoms with Crippen molar-refractivity contribution in [3.8, 4) is 0 Å². The van der Waals surface area contributed by atoms with E-state index in [9.17, 15) is 0 Å². The van der Waals surface area contributed by atoms with Crippen molar-refractivity contribution < 1.29 is 9.47 Å². The Morgan fingerprint density at radius 3 is 2.41 bits per heavy atom. The molecule has 0 aromatic carbocycles. The van der Waals surface area contributed by atoms with Crippen LogP contribution in [0, 0.1) is 0 Å². The number of nitrogens with one attached hydrogen (secondary N) is 1. The van der Waals surface area contributed by atoms with Gasteiger partial charge in [0, 0.05) is 51.4 Å². The molecule has 0 saturated carbocycles. The van der Waals surface area contributed by atoms with Crippen LogP contribution in [-0.4, -0.2) is 76.1 Å². The van der Waals surface area contributed by atoms with Crippen LogP contribution in [0.25, 0.3) is 0 Å². The van der Waals surface area contributed by atoms with E-state index in [0.29, 0.717) is 6.04 Å². The normalized spacial score (nSPS) is 21.0. The predicted octanol–water partition coefficient (Wildman–Crippen LogP) is 0.676. The average molecular weight is 262 g/mol. The maximum absolute atomic E-state index is 5.14. The summed E-state index contributed by atoms with van der Waals surface area (Å²) < 4.78 is 10.3. The smallest absolute Gasteiger partial charge is 0.0589 e. The zero-order chi connectivity index (χ0) is 12.3. The van der Waals surface area contributed by atoms with Crippen LogP contribution in [0.15, 0.2) is 0 Å². The minimum atomic E-state index is 0.682. The Balaban J connectivity index is 2.16. The van der Waals surface area contributed by atoms with E-state index < -0.39 is 0 Å². The summed E-state index contributed by atoms with van der Waals surface area (Å²) in [5.74, 6) is 2.51. The summed E-state index contributed by atoms with van der Waals surface area (Å²) in [7, 11) is 3.52. The fourth-order valence-corrected chi connectivity index (χ4v) is 2.92. The Bertz CT molecular complexity index is 170. The van der Waals surface area contributed by atoms with Crippen molar-refractivity contribution in [1.29, 1.82) is 0 Å². The van der Waals surface area contributed by atoms with Gasteiger partial charge in [0.1, 0.15) is 0 Å². The molecule has 0 aromatic rings. The van der Waals surface area contributed by atoms with Crippen molar-refractivity contribution in [3.05, 3.63) is 0 Å². The van der Waals surface area contributed by atoms with E-state index in [1.165, 1.54) is 17.9 Å². The van der Waals surface area contributed by atoms with Gasteiger partial charge >= 0.3 is 0 Å². The quantitative estimate of drug-likeness (QED) is 0.661. The lowest BCUT2D eigenvalue weighted by molar-refractivity contribution is 0.112. The summed E-state index contributed by atoms with van der Waals surface area (Å²) in [5.41, 5.74) is 0. The largest absolute Gasteiger partial charge is 0.383 e. The van der Waals surface area contributed by atoms with Crippen molar-refractivity contribution in [2.24, 2.45) is 0 Å². The van der Waals surface area contributed by atoms with Gasteiger partial charge in [-0.1, -0.05) is 0 Å². The molecule has 0 aliphatic carbocycles. The summed E-state index contributed by atoms with van der Waals surface area (Å²) in [6, 6.07) is 0.682. The molecule has 17 heavy (non-hydrogen) atoms. The van der Waals surface area contributed by atoms with E-state index in [1.54, 1.807) is 14.2 Å². The van der Waals surface area contributed by atoms with Gasteiger partial charge in [-0.2, -0.15) is 11.8 Å². The van der Waals surface area contributed by atoms with E-state index >= 15 is 0 Å². The fourth-order valence-electron chi connectivity index (χ4n) is 1.92. The zero-order valence-electron chi connectivity index (χ0n) is 11.1. The molecule has 102 valence electrons. The molecule has 4 nitrogen and oxygen atoms in total. The maximum Gasteiger partial charge on any atom is 0.0589 e. The summed E-state index contributed by atoms with van der Waals surface area (Å²) >= 11 is 2.06. The second-order valence-electron chi connectivity index (χ2n) is 4.34. The molecule has 1 saturated heterocycles. The Kier molecular flexibility index (Phi) is 9.10. The van der Waals surface area contributed by atoms with Gasteiger partial charge < -0.3 is 14.8 Å². The molecule has 0 aromatic heterocycles. The van der Waals surface area contributed by atoms with Gasteiger partial charge in [-0.3, -0.25) is 4.90 Å². The number of rotatable bonds is 9. The topological polar surface area (TPSA) is 33.7 Å². The van der Waals surface area contributed by atoms with E-state index in [2.05, 4.69) is 22.0 Å². The highest BCUT2D eigenvalue weighted by Gasteiger charge is 2.14. The van der Waals surface area contributed by atoms with Gasteiger partial charge in [0.25, 0.3) is 0 Å². The summed E-state index contributed by atoms with van der Waals surface area (Å²) in [5, 5.41) is 3.58. The van der Waals surface area contributed by atoms with Gasteiger partial charge in [0.15, 0.2) is 0 Å². The second kappa shape index (κ2) is 10.1. The van der Waals surface area contributed by atoms with Gasteiger partial charge in [-0.05, 0) is 13.0 Å². The van der Waals surface area contributed by atoms with Crippen LogP contribution in [-0.2, 0) is 9.47 Å². The van der Waals surface area contributed by atoms with Crippen LogP contribution in [0.4, 0.5) is 0 Å². The average Bonchev–Trinajstić information content (AvgIpc) is 2.39. The number of thioether (sulfide) groups is 1. The fraction of sp³-hybridized carbons (Fsp3) is 1.00. The van der Waals surface area contributed by atoms with Crippen LogP contribution in [0.5, 0.6) is 0 Å². The Morgan fingerprint density at radius 2 is 1.88 bits per heavy atom. The summed E-state index contributed by atoms with van der Waals surface area (Å²) in [6.45, 7) is 5.89. The third-order valence-corrected chi connectivity index (χ3v) is 4.15. The lowest BCUT2D eigenvalue weighted by Gasteiger charge is -2.27. The Labute approximate surface area is 109 Å². The standard InChI is InChI=1S/C12H26N2O2S/c1-15-8-6-14(7-9-16-2)5-3-12-11-17-10-4-13-12/h12-13H,3-11H2,1-2H3. The number of hydrogen-bond acceptors (Lipinski definition) is 5. The van der Waals surface area contributed by atoms with Crippen molar-refractivity contribution in [3.63, 3.8) is 0 Å². The highest BCUT2D eigenvalue weighted by molar-refractivity contribution is 7.99. The van der Waals surface area contributed by atoms with E-state index in [1.807, 2.05) is 0 Å². The minimum absolute atomic E-state index is 0.682. The number of methoxy groups -OCH3 is 2. The highest BCUT2D eigenvalue weighted by Crippen LogP contribution is 2.10. The molecular weight excluding hydrogens is 236 g/mol. The lowest BCUT2D eigenvalue weighted by Crippen LogP contribution is -2.41. The first kappa shape index (κ1) is 15.2. The molecule has 0 bridgehead atoms. The molecule has 5 heteroatoms. The molecule has 1 rings (SSSR count). The third kappa shape index (κ3) is 7.26. The molecule has 1 unspecified atom stereocenters. The highest BCUT2D eigenvalue weighted by atomic mass is 32.2. The van der Waals surface area contributed by atoms with Crippen LogP contribution < -0.4 is 5.32 Å². The molecule has 0 amide bonds. The summed E-state index contributed by atoms with van der Waals surface area (Å²) in [4.78, 5) is 2.42. The van der Waals surface area contributed by atoms with Gasteiger partial charge in [0.05, 0.1) is 13.2 Å². The van der Waals surface area contributed by atoms with Crippen LogP contribution in [0.1, 0.15) is 6.42 Å². The number of hydrogen-bond donors (Lipinski definition) is 1. The van der Waals surface area contributed by atoms with Crippen LogP contribution in [0.2, 0.25) is 0 Å². The first-order valence-corrected chi connectivity index (χ1v) is 7.53.